The molecule has 0 radical (unpaired) electrons. The Hall–Kier alpha value is -2.09. The number of carbonyl (C=O) groups excluding carboxylic acids is 1. The Kier molecular flexibility index (Phi) is 4.02. The molecular weight excluding hydrogens is 270 g/mol. The lowest BCUT2D eigenvalue weighted by Gasteiger charge is -2.35. The van der Waals surface area contributed by atoms with Crippen LogP contribution in [0, 0.1) is 5.41 Å². The fourth-order valence-electron chi connectivity index (χ4n) is 3.29. The third-order valence-corrected chi connectivity index (χ3v) is 4.42. The maximum atomic E-state index is 13.1. The third-order valence-electron chi connectivity index (χ3n) is 4.42. The van der Waals surface area contributed by atoms with E-state index in [-0.39, 0.29) is 5.91 Å². The Morgan fingerprint density at radius 3 is 2.50 bits per heavy atom. The van der Waals surface area contributed by atoms with Crippen molar-refractivity contribution in [3.63, 3.8) is 0 Å². The van der Waals surface area contributed by atoms with Gasteiger partial charge in [0.2, 0.25) is 5.91 Å². The Bertz CT molecular complexity index is 660. The number of rotatable bonds is 3. The fraction of sp³-hybridized carbons (Fsp3) is 0.350. The lowest BCUT2D eigenvalue weighted by Crippen LogP contribution is -2.44. The van der Waals surface area contributed by atoms with Crippen LogP contribution in [0.2, 0.25) is 0 Å². The summed E-state index contributed by atoms with van der Waals surface area (Å²) in [6.45, 7) is 4.94. The summed E-state index contributed by atoms with van der Waals surface area (Å²) in [5.41, 5.74) is 3.20. The van der Waals surface area contributed by atoms with Gasteiger partial charge in [-0.05, 0) is 36.5 Å². The molecule has 3 rings (SSSR count). The van der Waals surface area contributed by atoms with E-state index in [4.69, 9.17) is 0 Å². The van der Waals surface area contributed by atoms with E-state index in [2.05, 4.69) is 44.2 Å². The standard InChI is InChI=1S/C20H23NO/c1-20(2,15-16-9-4-3-5-10-16)19(22)21-14-8-12-17-11-6-7-13-18(17)21/h3-7,9-11,13H,8,12,14-15H2,1-2H3. The molecule has 0 bridgehead atoms. The SMILES string of the molecule is CC(C)(Cc1ccccc1)C(=O)N1CCCc2ccccc21. The number of fused-ring (bicyclic) bond motifs is 1. The van der Waals surface area contributed by atoms with Crippen LogP contribution in [0.1, 0.15) is 31.4 Å². The van der Waals surface area contributed by atoms with E-state index in [1.54, 1.807) is 0 Å². The van der Waals surface area contributed by atoms with Gasteiger partial charge in [0.15, 0.2) is 0 Å². The van der Waals surface area contributed by atoms with E-state index in [9.17, 15) is 4.79 Å². The molecule has 0 unspecified atom stereocenters. The molecule has 0 spiro atoms. The number of benzene rings is 2. The van der Waals surface area contributed by atoms with Crippen LogP contribution in [0.5, 0.6) is 0 Å². The van der Waals surface area contributed by atoms with Crippen LogP contribution in [0.4, 0.5) is 5.69 Å². The minimum Gasteiger partial charge on any atom is -0.312 e. The van der Waals surface area contributed by atoms with E-state index >= 15 is 0 Å². The van der Waals surface area contributed by atoms with Crippen molar-refractivity contribution in [2.45, 2.75) is 33.1 Å². The minimum absolute atomic E-state index is 0.225. The van der Waals surface area contributed by atoms with Gasteiger partial charge in [-0.15, -0.1) is 0 Å². The van der Waals surface area contributed by atoms with Gasteiger partial charge in [0.25, 0.3) is 0 Å². The van der Waals surface area contributed by atoms with E-state index in [0.29, 0.717) is 0 Å². The van der Waals surface area contributed by atoms with Crippen molar-refractivity contribution in [2.24, 2.45) is 5.41 Å². The number of hydrogen-bond donors (Lipinski definition) is 0. The van der Waals surface area contributed by atoms with Crippen LogP contribution < -0.4 is 4.90 Å². The molecule has 2 aromatic rings. The Morgan fingerprint density at radius 1 is 1.05 bits per heavy atom. The molecule has 0 saturated carbocycles. The molecule has 2 heteroatoms. The summed E-state index contributed by atoms with van der Waals surface area (Å²) in [5.74, 6) is 0.225. The zero-order valence-electron chi connectivity index (χ0n) is 13.4. The summed E-state index contributed by atoms with van der Waals surface area (Å²) >= 11 is 0. The molecule has 2 nitrogen and oxygen atoms in total. The average molecular weight is 293 g/mol. The smallest absolute Gasteiger partial charge is 0.232 e. The molecule has 2 aromatic carbocycles. The zero-order valence-corrected chi connectivity index (χ0v) is 13.4. The van der Waals surface area contributed by atoms with Crippen LogP contribution in [-0.4, -0.2) is 12.5 Å². The molecule has 0 saturated heterocycles. The first kappa shape index (κ1) is 14.8. The summed E-state index contributed by atoms with van der Waals surface area (Å²) in [6, 6.07) is 18.6. The van der Waals surface area contributed by atoms with Gasteiger partial charge < -0.3 is 4.90 Å². The van der Waals surface area contributed by atoms with Crippen molar-refractivity contribution in [1.82, 2.24) is 0 Å². The van der Waals surface area contributed by atoms with Gasteiger partial charge in [-0.3, -0.25) is 4.79 Å². The number of para-hydroxylation sites is 1. The van der Waals surface area contributed by atoms with Gasteiger partial charge in [-0.1, -0.05) is 62.4 Å². The lowest BCUT2D eigenvalue weighted by atomic mass is 9.83. The maximum absolute atomic E-state index is 13.1. The second-order valence-electron chi connectivity index (χ2n) is 6.74. The van der Waals surface area contributed by atoms with Gasteiger partial charge in [-0.25, -0.2) is 0 Å². The summed E-state index contributed by atoms with van der Waals surface area (Å²) in [7, 11) is 0. The molecule has 1 aliphatic heterocycles. The van der Waals surface area contributed by atoms with Gasteiger partial charge >= 0.3 is 0 Å². The number of amides is 1. The fourth-order valence-corrected chi connectivity index (χ4v) is 3.29. The highest BCUT2D eigenvalue weighted by molar-refractivity contribution is 5.98. The maximum Gasteiger partial charge on any atom is 0.232 e. The van der Waals surface area contributed by atoms with Crippen molar-refractivity contribution in [1.29, 1.82) is 0 Å². The van der Waals surface area contributed by atoms with Gasteiger partial charge in [-0.2, -0.15) is 0 Å². The first-order valence-corrected chi connectivity index (χ1v) is 8.02. The van der Waals surface area contributed by atoms with Crippen LogP contribution >= 0.6 is 0 Å². The Morgan fingerprint density at radius 2 is 1.73 bits per heavy atom. The summed E-state index contributed by atoms with van der Waals surface area (Å²) in [5, 5.41) is 0. The lowest BCUT2D eigenvalue weighted by molar-refractivity contribution is -0.126. The second-order valence-corrected chi connectivity index (χ2v) is 6.74. The molecule has 0 aliphatic carbocycles. The van der Waals surface area contributed by atoms with Crippen LogP contribution in [0.25, 0.3) is 0 Å². The predicted molar refractivity (Wildman–Crippen MR) is 91.0 cm³/mol. The molecule has 114 valence electrons. The van der Waals surface area contributed by atoms with Crippen LogP contribution in [0.3, 0.4) is 0 Å². The van der Waals surface area contributed by atoms with E-state index in [0.717, 1.165) is 31.5 Å². The van der Waals surface area contributed by atoms with Crippen molar-refractivity contribution < 1.29 is 4.79 Å². The van der Waals surface area contributed by atoms with E-state index < -0.39 is 5.41 Å². The quantitative estimate of drug-likeness (QED) is 0.829. The molecule has 0 atom stereocenters. The molecule has 0 fully saturated rings. The average Bonchev–Trinajstić information content (AvgIpc) is 2.54. The molecule has 1 aliphatic rings. The number of anilines is 1. The number of hydrogen-bond acceptors (Lipinski definition) is 1. The Labute approximate surface area is 132 Å². The van der Waals surface area contributed by atoms with E-state index in [1.807, 2.05) is 29.2 Å². The van der Waals surface area contributed by atoms with Crippen LogP contribution in [-0.2, 0) is 17.6 Å². The molecular formula is C20H23NO. The molecule has 1 amide bonds. The zero-order chi connectivity index (χ0) is 15.6. The third kappa shape index (κ3) is 2.92. The molecule has 0 aromatic heterocycles. The second kappa shape index (κ2) is 5.96. The Balaban J connectivity index is 1.84. The minimum atomic E-state index is -0.397. The van der Waals surface area contributed by atoms with Crippen molar-refractivity contribution >= 4 is 11.6 Å². The van der Waals surface area contributed by atoms with E-state index in [1.165, 1.54) is 11.1 Å². The molecule has 22 heavy (non-hydrogen) atoms. The van der Waals surface area contributed by atoms with Gasteiger partial charge in [0.1, 0.15) is 0 Å². The highest BCUT2D eigenvalue weighted by Gasteiger charge is 2.34. The predicted octanol–water partition coefficient (Wildman–Crippen LogP) is 4.23. The summed E-state index contributed by atoms with van der Waals surface area (Å²) < 4.78 is 0. The van der Waals surface area contributed by atoms with Gasteiger partial charge in [0, 0.05) is 17.6 Å². The largest absolute Gasteiger partial charge is 0.312 e. The number of aryl methyl sites for hydroxylation is 1. The van der Waals surface area contributed by atoms with Crippen LogP contribution in [0.15, 0.2) is 54.6 Å². The monoisotopic (exact) mass is 293 g/mol. The molecule has 0 N–H and O–H groups in total. The van der Waals surface area contributed by atoms with Crippen molar-refractivity contribution in [3.8, 4) is 0 Å². The highest BCUT2D eigenvalue weighted by Crippen LogP contribution is 2.32. The summed E-state index contributed by atoms with van der Waals surface area (Å²) in [4.78, 5) is 15.1. The molecule has 1 heterocycles. The first-order valence-electron chi connectivity index (χ1n) is 8.02. The summed E-state index contributed by atoms with van der Waals surface area (Å²) in [6.07, 6.45) is 2.88. The number of carbonyl (C=O) groups is 1. The normalized spacial score (nSPS) is 14.5. The highest BCUT2D eigenvalue weighted by atomic mass is 16.2. The van der Waals surface area contributed by atoms with Gasteiger partial charge in [0.05, 0.1) is 0 Å². The van der Waals surface area contributed by atoms with Crippen molar-refractivity contribution in [2.75, 3.05) is 11.4 Å². The number of nitrogens with zero attached hydrogens (tertiary/aromatic N) is 1. The first-order chi connectivity index (χ1) is 10.6. The topological polar surface area (TPSA) is 20.3 Å². The van der Waals surface area contributed by atoms with Crippen molar-refractivity contribution in [3.05, 3.63) is 65.7 Å².